The molecule has 0 aromatic heterocycles. The molecule has 0 amide bonds. The van der Waals surface area contributed by atoms with Gasteiger partial charge in [0.25, 0.3) is 0 Å². The van der Waals surface area contributed by atoms with Crippen LogP contribution in [0.5, 0.6) is 11.5 Å². The molecule has 4 heteroatoms. The van der Waals surface area contributed by atoms with E-state index in [1.165, 1.54) is 0 Å². The van der Waals surface area contributed by atoms with E-state index in [1.54, 1.807) is 14.2 Å². The van der Waals surface area contributed by atoms with Crippen LogP contribution in [0.4, 0.5) is 0 Å². The summed E-state index contributed by atoms with van der Waals surface area (Å²) in [6.07, 6.45) is 0.293. The first kappa shape index (κ1) is 16.3. The van der Waals surface area contributed by atoms with Gasteiger partial charge in [0.1, 0.15) is 17.6 Å². The van der Waals surface area contributed by atoms with Gasteiger partial charge in [0.05, 0.1) is 25.2 Å². The molecular formula is C16H24O4. The van der Waals surface area contributed by atoms with Gasteiger partial charge in [-0.1, -0.05) is 13.0 Å². The second-order valence-electron chi connectivity index (χ2n) is 5.36. The Bertz CT molecular complexity index is 443. The van der Waals surface area contributed by atoms with Gasteiger partial charge in [-0.25, -0.2) is 0 Å². The Kier molecular flexibility index (Phi) is 5.43. The summed E-state index contributed by atoms with van der Waals surface area (Å²) >= 11 is 0. The smallest absolute Gasteiger partial charge is 0.312 e. The summed E-state index contributed by atoms with van der Waals surface area (Å²) in [6.45, 7) is 7.54. The number of methoxy groups -OCH3 is 2. The van der Waals surface area contributed by atoms with Crippen LogP contribution in [-0.2, 0) is 9.53 Å². The van der Waals surface area contributed by atoms with Crippen molar-refractivity contribution in [1.82, 2.24) is 0 Å². The van der Waals surface area contributed by atoms with Gasteiger partial charge in [-0.2, -0.15) is 0 Å². The van der Waals surface area contributed by atoms with Gasteiger partial charge in [-0.15, -0.1) is 0 Å². The zero-order valence-corrected chi connectivity index (χ0v) is 13.1. The fraction of sp³-hybridized carbons (Fsp3) is 0.562. The van der Waals surface area contributed by atoms with Crippen LogP contribution in [0, 0.1) is 5.41 Å². The average molecular weight is 280 g/mol. The highest BCUT2D eigenvalue weighted by molar-refractivity contribution is 5.76. The van der Waals surface area contributed by atoms with Crippen molar-refractivity contribution in [2.75, 3.05) is 14.2 Å². The summed E-state index contributed by atoms with van der Waals surface area (Å²) in [5.74, 6) is 1.08. The third kappa shape index (κ3) is 3.44. The third-order valence-corrected chi connectivity index (χ3v) is 3.59. The van der Waals surface area contributed by atoms with Crippen LogP contribution in [0.25, 0.3) is 0 Å². The predicted octanol–water partition coefficient (Wildman–Crippen LogP) is 3.74. The number of benzene rings is 1. The molecule has 1 aromatic carbocycles. The number of carbonyl (C=O) groups is 1. The first-order chi connectivity index (χ1) is 9.37. The number of ether oxygens (including phenoxy) is 3. The minimum atomic E-state index is -0.497. The predicted molar refractivity (Wildman–Crippen MR) is 78.1 cm³/mol. The molecular weight excluding hydrogens is 256 g/mol. The lowest BCUT2D eigenvalue weighted by atomic mass is 9.90. The van der Waals surface area contributed by atoms with E-state index >= 15 is 0 Å². The first-order valence-electron chi connectivity index (χ1n) is 6.79. The molecule has 0 aliphatic heterocycles. The summed E-state index contributed by atoms with van der Waals surface area (Å²) in [6, 6.07) is 5.49. The Balaban J connectivity index is 3.03. The van der Waals surface area contributed by atoms with E-state index in [9.17, 15) is 4.79 Å². The van der Waals surface area contributed by atoms with Crippen molar-refractivity contribution in [3.05, 3.63) is 23.8 Å². The quantitative estimate of drug-likeness (QED) is 0.745. The van der Waals surface area contributed by atoms with E-state index in [1.807, 2.05) is 45.9 Å². The number of rotatable bonds is 6. The average Bonchev–Trinajstić information content (AvgIpc) is 2.45. The normalized spacial score (nSPS) is 12.7. The minimum Gasteiger partial charge on any atom is -0.496 e. The van der Waals surface area contributed by atoms with Crippen molar-refractivity contribution in [3.8, 4) is 11.5 Å². The highest BCUT2D eigenvalue weighted by Gasteiger charge is 2.30. The van der Waals surface area contributed by atoms with Crippen molar-refractivity contribution in [2.24, 2.45) is 5.41 Å². The molecule has 0 heterocycles. The molecule has 20 heavy (non-hydrogen) atoms. The van der Waals surface area contributed by atoms with Gasteiger partial charge in [0, 0.05) is 0 Å². The first-order valence-corrected chi connectivity index (χ1v) is 6.79. The molecule has 0 saturated heterocycles. The highest BCUT2D eigenvalue weighted by atomic mass is 16.5. The number of carbonyl (C=O) groups excluding carboxylic acids is 1. The number of hydrogen-bond acceptors (Lipinski definition) is 4. The lowest BCUT2D eigenvalue weighted by Crippen LogP contribution is -2.27. The van der Waals surface area contributed by atoms with E-state index in [0.717, 1.165) is 12.0 Å². The molecule has 1 rings (SSSR count). The summed E-state index contributed by atoms with van der Waals surface area (Å²) in [7, 11) is 3.17. The topological polar surface area (TPSA) is 44.8 Å². The van der Waals surface area contributed by atoms with Gasteiger partial charge < -0.3 is 14.2 Å². The Morgan fingerprint density at radius 1 is 1.20 bits per heavy atom. The van der Waals surface area contributed by atoms with E-state index in [4.69, 9.17) is 14.2 Å². The van der Waals surface area contributed by atoms with Gasteiger partial charge in [-0.05, 0) is 39.3 Å². The standard InChI is InChI=1S/C16H24O4/c1-7-16(3,4)15(17)20-11(2)14-12(18-5)9-8-10-13(14)19-6/h8-11H,7H2,1-6H3. The zero-order valence-electron chi connectivity index (χ0n) is 13.1. The van der Waals surface area contributed by atoms with Crippen molar-refractivity contribution in [1.29, 1.82) is 0 Å². The molecule has 0 radical (unpaired) electrons. The molecule has 112 valence electrons. The van der Waals surface area contributed by atoms with Gasteiger partial charge in [-0.3, -0.25) is 4.79 Å². The van der Waals surface area contributed by atoms with Crippen LogP contribution in [0.3, 0.4) is 0 Å². The molecule has 0 aliphatic carbocycles. The van der Waals surface area contributed by atoms with Crippen LogP contribution < -0.4 is 9.47 Å². The molecule has 1 aromatic rings. The SMILES string of the molecule is CCC(C)(C)C(=O)OC(C)c1c(OC)cccc1OC. The zero-order chi connectivity index (χ0) is 15.3. The summed E-state index contributed by atoms with van der Waals surface area (Å²) < 4.78 is 16.2. The Hall–Kier alpha value is -1.71. The van der Waals surface area contributed by atoms with Crippen LogP contribution in [0.1, 0.15) is 45.8 Å². The second kappa shape index (κ2) is 6.64. The number of hydrogen-bond donors (Lipinski definition) is 0. The molecule has 4 nitrogen and oxygen atoms in total. The second-order valence-corrected chi connectivity index (χ2v) is 5.36. The molecule has 0 aliphatic rings. The molecule has 0 bridgehead atoms. The van der Waals surface area contributed by atoms with E-state index < -0.39 is 11.5 Å². The largest absolute Gasteiger partial charge is 0.496 e. The Morgan fingerprint density at radius 2 is 1.70 bits per heavy atom. The minimum absolute atomic E-state index is 0.222. The Labute approximate surface area is 121 Å². The maximum Gasteiger partial charge on any atom is 0.312 e. The molecule has 0 fully saturated rings. The molecule has 1 atom stereocenters. The lowest BCUT2D eigenvalue weighted by Gasteiger charge is -2.25. The van der Waals surface area contributed by atoms with Crippen molar-refractivity contribution < 1.29 is 19.0 Å². The fourth-order valence-electron chi connectivity index (χ4n) is 1.80. The summed E-state index contributed by atoms with van der Waals surface area (Å²) in [4.78, 5) is 12.2. The van der Waals surface area contributed by atoms with Crippen LogP contribution >= 0.6 is 0 Å². The van der Waals surface area contributed by atoms with Crippen LogP contribution in [0.15, 0.2) is 18.2 Å². The molecule has 1 unspecified atom stereocenters. The van der Waals surface area contributed by atoms with Crippen LogP contribution in [-0.4, -0.2) is 20.2 Å². The lowest BCUT2D eigenvalue weighted by molar-refractivity contribution is -0.159. The summed E-state index contributed by atoms with van der Waals surface area (Å²) in [5, 5.41) is 0. The molecule has 0 saturated carbocycles. The van der Waals surface area contributed by atoms with E-state index in [-0.39, 0.29) is 5.97 Å². The Morgan fingerprint density at radius 3 is 2.10 bits per heavy atom. The summed E-state index contributed by atoms with van der Waals surface area (Å²) in [5.41, 5.74) is 0.251. The van der Waals surface area contributed by atoms with E-state index in [0.29, 0.717) is 11.5 Å². The van der Waals surface area contributed by atoms with Crippen molar-refractivity contribution in [3.63, 3.8) is 0 Å². The maximum absolute atomic E-state index is 12.2. The fourth-order valence-corrected chi connectivity index (χ4v) is 1.80. The van der Waals surface area contributed by atoms with E-state index in [2.05, 4.69) is 0 Å². The van der Waals surface area contributed by atoms with Gasteiger partial charge >= 0.3 is 5.97 Å². The number of esters is 1. The third-order valence-electron chi connectivity index (χ3n) is 3.59. The van der Waals surface area contributed by atoms with Crippen LogP contribution in [0.2, 0.25) is 0 Å². The molecule has 0 spiro atoms. The van der Waals surface area contributed by atoms with Gasteiger partial charge in [0.15, 0.2) is 0 Å². The van der Waals surface area contributed by atoms with Gasteiger partial charge in [0.2, 0.25) is 0 Å². The van der Waals surface area contributed by atoms with Crippen molar-refractivity contribution >= 4 is 5.97 Å². The highest BCUT2D eigenvalue weighted by Crippen LogP contribution is 2.37. The van der Waals surface area contributed by atoms with Crippen molar-refractivity contribution in [2.45, 2.75) is 40.2 Å². The molecule has 0 N–H and O–H groups in total. The monoisotopic (exact) mass is 280 g/mol. The maximum atomic E-state index is 12.2.